The van der Waals surface area contributed by atoms with E-state index in [0.717, 1.165) is 22.9 Å². The molecule has 17 heavy (non-hydrogen) atoms. The van der Waals surface area contributed by atoms with E-state index in [1.165, 1.54) is 5.56 Å². The zero-order valence-corrected chi connectivity index (χ0v) is 9.95. The summed E-state index contributed by atoms with van der Waals surface area (Å²) < 4.78 is 0. The van der Waals surface area contributed by atoms with Crippen LogP contribution in [0.15, 0.2) is 18.2 Å². The Morgan fingerprint density at radius 1 is 1.53 bits per heavy atom. The number of aryl methyl sites for hydroxylation is 2. The normalized spacial score (nSPS) is 12.9. The molecule has 1 atom stereocenters. The zero-order chi connectivity index (χ0) is 12.6. The molecule has 1 aromatic heterocycles. The van der Waals surface area contributed by atoms with Gasteiger partial charge in [-0.05, 0) is 24.5 Å². The minimum atomic E-state index is -1.02. The summed E-state index contributed by atoms with van der Waals surface area (Å²) in [5, 5.41) is 10.0. The molecule has 0 aliphatic rings. The maximum Gasteiger partial charge on any atom is 0.326 e. The van der Waals surface area contributed by atoms with Crippen LogP contribution in [0.2, 0.25) is 0 Å². The van der Waals surface area contributed by atoms with Crippen molar-refractivity contribution in [3.05, 3.63) is 35.0 Å². The van der Waals surface area contributed by atoms with Crippen molar-refractivity contribution in [2.75, 3.05) is 0 Å². The number of carbonyl (C=O) groups is 1. The minimum Gasteiger partial charge on any atom is -0.480 e. The Hall–Kier alpha value is -1.81. The Balaban J connectivity index is 2.68. The molecule has 1 aromatic carbocycles. The van der Waals surface area contributed by atoms with Crippen LogP contribution < -0.4 is 5.73 Å². The number of para-hydroxylation sites is 1. The highest BCUT2D eigenvalue weighted by atomic mass is 16.4. The Kier molecular flexibility index (Phi) is 2.90. The van der Waals surface area contributed by atoms with Crippen molar-refractivity contribution in [3.63, 3.8) is 0 Å². The van der Waals surface area contributed by atoms with Crippen LogP contribution in [0.5, 0.6) is 0 Å². The van der Waals surface area contributed by atoms with Gasteiger partial charge in [-0.1, -0.05) is 25.1 Å². The maximum absolute atomic E-state index is 10.9. The Morgan fingerprint density at radius 2 is 2.24 bits per heavy atom. The largest absolute Gasteiger partial charge is 0.480 e. The molecule has 2 rings (SSSR count). The molecule has 0 spiro atoms. The second kappa shape index (κ2) is 4.22. The number of rotatable bonds is 3. The predicted octanol–water partition coefficient (Wildman–Crippen LogP) is 2.12. The topological polar surface area (TPSA) is 79.1 Å². The van der Waals surface area contributed by atoms with Crippen LogP contribution in [0, 0.1) is 6.92 Å². The van der Waals surface area contributed by atoms with Gasteiger partial charge in [0.1, 0.15) is 6.04 Å². The minimum absolute atomic E-state index is 0.591. The molecule has 0 fully saturated rings. The third kappa shape index (κ3) is 1.80. The molecule has 0 saturated carbocycles. The second-order valence-electron chi connectivity index (χ2n) is 4.17. The van der Waals surface area contributed by atoms with Crippen LogP contribution >= 0.6 is 0 Å². The van der Waals surface area contributed by atoms with Gasteiger partial charge in [-0.15, -0.1) is 0 Å². The van der Waals surface area contributed by atoms with E-state index in [4.69, 9.17) is 10.8 Å². The number of H-pyrrole nitrogens is 1. The van der Waals surface area contributed by atoms with Gasteiger partial charge in [-0.2, -0.15) is 0 Å². The average molecular weight is 232 g/mol. The van der Waals surface area contributed by atoms with Gasteiger partial charge < -0.3 is 15.8 Å². The fourth-order valence-corrected chi connectivity index (χ4v) is 2.16. The number of aromatic amines is 1. The SMILES string of the molecule is CCc1cccc2c(C)c(C(N)C(=O)O)[nH]c12. The Labute approximate surface area is 99.4 Å². The number of nitrogens with two attached hydrogens (primary N) is 1. The van der Waals surface area contributed by atoms with Gasteiger partial charge in [-0.3, -0.25) is 4.79 Å². The van der Waals surface area contributed by atoms with Crippen molar-refractivity contribution < 1.29 is 9.90 Å². The number of nitrogens with one attached hydrogen (secondary N) is 1. The number of hydrogen-bond acceptors (Lipinski definition) is 2. The average Bonchev–Trinajstić information content (AvgIpc) is 2.66. The lowest BCUT2D eigenvalue weighted by Crippen LogP contribution is -2.21. The molecule has 0 aliphatic heterocycles. The summed E-state index contributed by atoms with van der Waals surface area (Å²) in [5.41, 5.74) is 9.35. The standard InChI is InChI=1S/C13H16N2O2/c1-3-8-5-4-6-9-7(2)11(15-12(8)9)10(14)13(16)17/h4-6,10,15H,3,14H2,1-2H3,(H,16,17). The Bertz CT molecular complexity index is 572. The van der Waals surface area contributed by atoms with Crippen LogP contribution in [0.1, 0.15) is 29.8 Å². The molecule has 1 heterocycles. The summed E-state index contributed by atoms with van der Waals surface area (Å²) in [7, 11) is 0. The van der Waals surface area contributed by atoms with E-state index in [-0.39, 0.29) is 0 Å². The summed E-state index contributed by atoms with van der Waals surface area (Å²) in [6.45, 7) is 3.97. The number of carboxylic acid groups (broad SMARTS) is 1. The van der Waals surface area contributed by atoms with E-state index in [2.05, 4.69) is 11.9 Å². The molecule has 4 heteroatoms. The molecule has 0 bridgehead atoms. The summed E-state index contributed by atoms with van der Waals surface area (Å²) in [6, 6.07) is 5.01. The van der Waals surface area contributed by atoms with Crippen LogP contribution in [0.3, 0.4) is 0 Å². The fourth-order valence-electron chi connectivity index (χ4n) is 2.16. The van der Waals surface area contributed by atoms with Gasteiger partial charge in [0.05, 0.1) is 0 Å². The highest BCUT2D eigenvalue weighted by Gasteiger charge is 2.20. The van der Waals surface area contributed by atoms with Crippen LogP contribution in [-0.2, 0) is 11.2 Å². The van der Waals surface area contributed by atoms with Crippen LogP contribution in [0.4, 0.5) is 0 Å². The molecule has 4 nitrogen and oxygen atoms in total. The summed E-state index contributed by atoms with van der Waals surface area (Å²) in [5.74, 6) is -1.02. The summed E-state index contributed by atoms with van der Waals surface area (Å²) >= 11 is 0. The molecule has 0 saturated heterocycles. The summed E-state index contributed by atoms with van der Waals surface area (Å²) in [6.07, 6.45) is 0.902. The first kappa shape index (κ1) is 11.7. The van der Waals surface area contributed by atoms with E-state index in [0.29, 0.717) is 5.69 Å². The van der Waals surface area contributed by atoms with E-state index in [9.17, 15) is 4.79 Å². The highest BCUT2D eigenvalue weighted by Crippen LogP contribution is 2.27. The number of aliphatic carboxylic acids is 1. The van der Waals surface area contributed by atoms with Gasteiger partial charge in [0.25, 0.3) is 0 Å². The molecule has 90 valence electrons. The first-order chi connectivity index (χ1) is 8.06. The molecule has 0 aliphatic carbocycles. The molecular formula is C13H16N2O2. The smallest absolute Gasteiger partial charge is 0.326 e. The van der Waals surface area contributed by atoms with Crippen LogP contribution in [-0.4, -0.2) is 16.1 Å². The lowest BCUT2D eigenvalue weighted by molar-refractivity contribution is -0.138. The lowest BCUT2D eigenvalue weighted by Gasteiger charge is -2.04. The second-order valence-corrected chi connectivity index (χ2v) is 4.17. The third-order valence-electron chi connectivity index (χ3n) is 3.18. The number of carboxylic acids is 1. The number of aromatic nitrogens is 1. The molecule has 0 radical (unpaired) electrons. The maximum atomic E-state index is 10.9. The van der Waals surface area contributed by atoms with Gasteiger partial charge in [0.15, 0.2) is 0 Å². The van der Waals surface area contributed by atoms with Gasteiger partial charge >= 0.3 is 5.97 Å². The molecule has 1 unspecified atom stereocenters. The van der Waals surface area contributed by atoms with Crippen molar-refractivity contribution in [2.24, 2.45) is 5.73 Å². The van der Waals surface area contributed by atoms with Crippen molar-refractivity contribution >= 4 is 16.9 Å². The number of hydrogen-bond donors (Lipinski definition) is 3. The predicted molar refractivity (Wildman–Crippen MR) is 67.0 cm³/mol. The lowest BCUT2D eigenvalue weighted by atomic mass is 10.1. The van der Waals surface area contributed by atoms with Crippen molar-refractivity contribution in [2.45, 2.75) is 26.3 Å². The number of fused-ring (bicyclic) bond motifs is 1. The zero-order valence-electron chi connectivity index (χ0n) is 9.95. The first-order valence-corrected chi connectivity index (χ1v) is 5.64. The molecule has 2 aromatic rings. The van der Waals surface area contributed by atoms with Crippen molar-refractivity contribution in [3.8, 4) is 0 Å². The monoisotopic (exact) mass is 232 g/mol. The number of benzene rings is 1. The van der Waals surface area contributed by atoms with Crippen molar-refractivity contribution in [1.82, 2.24) is 4.98 Å². The quantitative estimate of drug-likeness (QED) is 0.758. The van der Waals surface area contributed by atoms with E-state index in [1.54, 1.807) is 0 Å². The molecule has 4 N–H and O–H groups in total. The first-order valence-electron chi connectivity index (χ1n) is 5.64. The molecular weight excluding hydrogens is 216 g/mol. The van der Waals surface area contributed by atoms with E-state index < -0.39 is 12.0 Å². The summed E-state index contributed by atoms with van der Waals surface area (Å²) in [4.78, 5) is 14.1. The van der Waals surface area contributed by atoms with E-state index >= 15 is 0 Å². The van der Waals surface area contributed by atoms with Crippen molar-refractivity contribution in [1.29, 1.82) is 0 Å². The van der Waals surface area contributed by atoms with Gasteiger partial charge in [0.2, 0.25) is 0 Å². The third-order valence-corrected chi connectivity index (χ3v) is 3.18. The highest BCUT2D eigenvalue weighted by molar-refractivity contribution is 5.89. The molecule has 0 amide bonds. The van der Waals surface area contributed by atoms with Crippen LogP contribution in [0.25, 0.3) is 10.9 Å². The van der Waals surface area contributed by atoms with Gasteiger partial charge in [-0.25, -0.2) is 0 Å². The van der Waals surface area contributed by atoms with Gasteiger partial charge in [0, 0.05) is 16.6 Å². The Morgan fingerprint density at radius 3 is 2.82 bits per heavy atom. The fraction of sp³-hybridized carbons (Fsp3) is 0.308. The van der Waals surface area contributed by atoms with E-state index in [1.807, 2.05) is 25.1 Å².